The lowest BCUT2D eigenvalue weighted by Crippen LogP contribution is -2.28. The molecule has 0 spiro atoms. The Morgan fingerprint density at radius 2 is 1.94 bits per heavy atom. The highest BCUT2D eigenvalue weighted by Gasteiger charge is 2.36. The molecule has 1 fully saturated rings. The summed E-state index contributed by atoms with van der Waals surface area (Å²) in [6.07, 6.45) is 1.60. The molecule has 0 heterocycles. The second-order valence-corrected chi connectivity index (χ2v) is 4.63. The quantitative estimate of drug-likeness (QED) is 0.780. The summed E-state index contributed by atoms with van der Waals surface area (Å²) >= 11 is 0. The Morgan fingerprint density at radius 3 is 2.44 bits per heavy atom. The van der Waals surface area contributed by atoms with Crippen LogP contribution in [-0.4, -0.2) is 18.5 Å². The first-order valence-corrected chi connectivity index (χ1v) is 6.19. The molecule has 1 aromatic carbocycles. The molecule has 0 saturated heterocycles. The lowest BCUT2D eigenvalue weighted by atomic mass is 10.0. The van der Waals surface area contributed by atoms with Crippen molar-refractivity contribution in [3.8, 4) is 0 Å². The molecule has 1 aromatic rings. The normalized spacial score (nSPS) is 16.6. The number of carbonyl (C=O) groups is 1. The zero-order chi connectivity index (χ0) is 13.1. The number of ether oxygens (including phenoxy) is 1. The molecule has 1 atom stereocenters. The zero-order valence-electron chi connectivity index (χ0n) is 10.3. The molecule has 0 bridgehead atoms. The van der Waals surface area contributed by atoms with Gasteiger partial charge in [-0.25, -0.2) is 8.78 Å². The number of benzene rings is 1. The summed E-state index contributed by atoms with van der Waals surface area (Å²) in [4.78, 5) is 12.0. The minimum Gasteiger partial charge on any atom is -0.370 e. The van der Waals surface area contributed by atoms with Crippen molar-refractivity contribution in [2.45, 2.75) is 32.3 Å². The van der Waals surface area contributed by atoms with Crippen LogP contribution in [0, 0.1) is 17.6 Å². The molecular formula is C14H16F2O2. The summed E-state index contributed by atoms with van der Waals surface area (Å²) in [5.74, 6) is -1.12. The average molecular weight is 254 g/mol. The summed E-state index contributed by atoms with van der Waals surface area (Å²) in [5, 5.41) is 0. The van der Waals surface area contributed by atoms with E-state index in [2.05, 4.69) is 0 Å². The van der Waals surface area contributed by atoms with Crippen molar-refractivity contribution in [2.75, 3.05) is 6.61 Å². The van der Waals surface area contributed by atoms with E-state index in [4.69, 9.17) is 4.74 Å². The van der Waals surface area contributed by atoms with Crippen LogP contribution in [0.15, 0.2) is 18.2 Å². The third kappa shape index (κ3) is 3.35. The van der Waals surface area contributed by atoms with Gasteiger partial charge in [-0.15, -0.1) is 0 Å². The molecule has 0 aliphatic heterocycles. The van der Waals surface area contributed by atoms with Crippen molar-refractivity contribution >= 4 is 5.78 Å². The van der Waals surface area contributed by atoms with Crippen LogP contribution in [0.1, 0.15) is 25.3 Å². The SMILES string of the molecule is CCOC(C(=O)Cc1cc(F)cc(F)c1)C1CC1. The summed E-state index contributed by atoms with van der Waals surface area (Å²) in [7, 11) is 0. The number of rotatable bonds is 6. The minimum atomic E-state index is -0.655. The van der Waals surface area contributed by atoms with Gasteiger partial charge in [0.05, 0.1) is 0 Å². The van der Waals surface area contributed by atoms with Gasteiger partial charge in [-0.1, -0.05) is 0 Å². The van der Waals surface area contributed by atoms with Gasteiger partial charge in [0, 0.05) is 19.1 Å². The number of hydrogen-bond donors (Lipinski definition) is 0. The van der Waals surface area contributed by atoms with Crippen molar-refractivity contribution < 1.29 is 18.3 Å². The van der Waals surface area contributed by atoms with E-state index in [0.717, 1.165) is 18.9 Å². The summed E-state index contributed by atoms with van der Waals surface area (Å²) in [6.45, 7) is 2.31. The first-order valence-electron chi connectivity index (χ1n) is 6.19. The average Bonchev–Trinajstić information content (AvgIpc) is 3.07. The number of hydrogen-bond acceptors (Lipinski definition) is 2. The van der Waals surface area contributed by atoms with Crippen LogP contribution in [-0.2, 0) is 16.0 Å². The van der Waals surface area contributed by atoms with E-state index >= 15 is 0 Å². The van der Waals surface area contributed by atoms with Crippen LogP contribution in [0.25, 0.3) is 0 Å². The van der Waals surface area contributed by atoms with Crippen LogP contribution in [0.2, 0.25) is 0 Å². The van der Waals surface area contributed by atoms with E-state index in [9.17, 15) is 13.6 Å². The van der Waals surface area contributed by atoms with E-state index in [1.807, 2.05) is 6.92 Å². The molecule has 2 rings (SSSR count). The van der Waals surface area contributed by atoms with Gasteiger partial charge in [0.1, 0.15) is 17.7 Å². The van der Waals surface area contributed by atoms with Gasteiger partial charge in [0.25, 0.3) is 0 Å². The predicted octanol–water partition coefficient (Wildman–Crippen LogP) is 2.89. The van der Waals surface area contributed by atoms with Crippen molar-refractivity contribution in [1.29, 1.82) is 0 Å². The molecule has 4 heteroatoms. The second kappa shape index (κ2) is 5.57. The number of ketones is 1. The smallest absolute Gasteiger partial charge is 0.166 e. The summed E-state index contributed by atoms with van der Waals surface area (Å²) in [5.41, 5.74) is 0.364. The standard InChI is InChI=1S/C14H16F2O2/c1-2-18-14(10-3-4-10)13(17)7-9-5-11(15)8-12(16)6-9/h5-6,8,10,14H,2-4,7H2,1H3. The van der Waals surface area contributed by atoms with Gasteiger partial charge >= 0.3 is 0 Å². The highest BCUT2D eigenvalue weighted by Crippen LogP contribution is 2.35. The predicted molar refractivity (Wildman–Crippen MR) is 63.2 cm³/mol. The Balaban J connectivity index is 2.04. The first kappa shape index (κ1) is 13.1. The Hall–Kier alpha value is -1.29. The topological polar surface area (TPSA) is 26.3 Å². The van der Waals surface area contributed by atoms with E-state index in [1.54, 1.807) is 0 Å². The zero-order valence-corrected chi connectivity index (χ0v) is 10.3. The van der Waals surface area contributed by atoms with Gasteiger partial charge in [-0.05, 0) is 43.4 Å². The third-order valence-corrected chi connectivity index (χ3v) is 3.01. The third-order valence-electron chi connectivity index (χ3n) is 3.01. The molecule has 0 radical (unpaired) electrons. The molecule has 1 unspecified atom stereocenters. The maximum Gasteiger partial charge on any atom is 0.166 e. The fraction of sp³-hybridized carbons (Fsp3) is 0.500. The van der Waals surface area contributed by atoms with Crippen LogP contribution in [0.3, 0.4) is 0 Å². The molecule has 1 aliphatic carbocycles. The van der Waals surface area contributed by atoms with E-state index in [-0.39, 0.29) is 18.1 Å². The fourth-order valence-corrected chi connectivity index (χ4v) is 2.09. The molecule has 98 valence electrons. The summed E-state index contributed by atoms with van der Waals surface area (Å²) in [6, 6.07) is 3.18. The molecular weight excluding hydrogens is 238 g/mol. The lowest BCUT2D eigenvalue weighted by molar-refractivity contribution is -0.130. The van der Waals surface area contributed by atoms with Gasteiger partial charge in [-0.2, -0.15) is 0 Å². The monoisotopic (exact) mass is 254 g/mol. The summed E-state index contributed by atoms with van der Waals surface area (Å²) < 4.78 is 31.5. The number of carbonyl (C=O) groups excluding carboxylic acids is 1. The van der Waals surface area contributed by atoms with Crippen LogP contribution < -0.4 is 0 Å². The lowest BCUT2D eigenvalue weighted by Gasteiger charge is -2.15. The van der Waals surface area contributed by atoms with Crippen molar-refractivity contribution in [3.05, 3.63) is 35.4 Å². The van der Waals surface area contributed by atoms with Gasteiger partial charge in [0.15, 0.2) is 5.78 Å². The maximum absolute atomic E-state index is 13.0. The van der Waals surface area contributed by atoms with E-state index in [1.165, 1.54) is 12.1 Å². The van der Waals surface area contributed by atoms with Gasteiger partial charge < -0.3 is 4.74 Å². The fourth-order valence-electron chi connectivity index (χ4n) is 2.09. The van der Waals surface area contributed by atoms with E-state index in [0.29, 0.717) is 12.2 Å². The Labute approximate surface area is 105 Å². The van der Waals surface area contributed by atoms with Crippen LogP contribution in [0.4, 0.5) is 8.78 Å². The highest BCUT2D eigenvalue weighted by atomic mass is 19.1. The minimum absolute atomic E-state index is 0.0237. The second-order valence-electron chi connectivity index (χ2n) is 4.63. The first-order chi connectivity index (χ1) is 8.60. The Morgan fingerprint density at radius 1 is 1.33 bits per heavy atom. The highest BCUT2D eigenvalue weighted by molar-refractivity contribution is 5.85. The van der Waals surface area contributed by atoms with Crippen molar-refractivity contribution in [1.82, 2.24) is 0 Å². The molecule has 0 aromatic heterocycles. The molecule has 18 heavy (non-hydrogen) atoms. The molecule has 1 saturated carbocycles. The number of halogens is 2. The van der Waals surface area contributed by atoms with Crippen molar-refractivity contribution in [2.24, 2.45) is 5.92 Å². The van der Waals surface area contributed by atoms with E-state index < -0.39 is 17.7 Å². The van der Waals surface area contributed by atoms with Crippen LogP contribution >= 0.6 is 0 Å². The Bertz CT molecular complexity index is 421. The van der Waals surface area contributed by atoms with Crippen molar-refractivity contribution in [3.63, 3.8) is 0 Å². The van der Waals surface area contributed by atoms with Gasteiger partial charge in [0.2, 0.25) is 0 Å². The van der Waals surface area contributed by atoms with Crippen LogP contribution in [0.5, 0.6) is 0 Å². The van der Waals surface area contributed by atoms with Gasteiger partial charge in [-0.3, -0.25) is 4.79 Å². The largest absolute Gasteiger partial charge is 0.370 e. The molecule has 2 nitrogen and oxygen atoms in total. The molecule has 1 aliphatic rings. The molecule has 0 amide bonds. The Kier molecular flexibility index (Phi) is 4.07. The molecule has 0 N–H and O–H groups in total. The maximum atomic E-state index is 13.0. The number of Topliss-reactive ketones (excluding diaryl/α,β-unsaturated/α-hetero) is 1.